The molecule has 0 radical (unpaired) electrons. The lowest BCUT2D eigenvalue weighted by molar-refractivity contribution is 0.0700. The molecular weight excluding hydrogens is 334 g/mol. The average molecular weight is 353 g/mol. The second-order valence-electron chi connectivity index (χ2n) is 6.27. The number of carbonyl (C=O) groups excluding carboxylic acids is 2. The van der Waals surface area contributed by atoms with E-state index in [0.717, 1.165) is 34.2 Å². The molecule has 1 aromatic carbocycles. The third kappa shape index (κ3) is 3.17. The summed E-state index contributed by atoms with van der Waals surface area (Å²) >= 11 is 1.44. The zero-order valence-electron chi connectivity index (χ0n) is 13.7. The van der Waals surface area contributed by atoms with Gasteiger partial charge in [-0.3, -0.25) is 9.59 Å². The molecule has 5 nitrogen and oxygen atoms in total. The lowest BCUT2D eigenvalue weighted by Gasteiger charge is -2.32. The van der Waals surface area contributed by atoms with E-state index in [1.807, 2.05) is 46.7 Å². The molecule has 1 fully saturated rings. The molecule has 128 valence electrons. The van der Waals surface area contributed by atoms with Crippen molar-refractivity contribution in [3.05, 3.63) is 58.4 Å². The van der Waals surface area contributed by atoms with Crippen LogP contribution in [0.3, 0.4) is 0 Å². The molecule has 4 rings (SSSR count). The van der Waals surface area contributed by atoms with Crippen molar-refractivity contribution >= 4 is 34.1 Å². The van der Waals surface area contributed by atoms with Crippen molar-refractivity contribution in [2.75, 3.05) is 13.1 Å². The molecule has 6 heteroatoms. The van der Waals surface area contributed by atoms with Gasteiger partial charge in [0.25, 0.3) is 11.8 Å². The molecular formula is C19H19N3O2S. The van der Waals surface area contributed by atoms with Crippen molar-refractivity contribution in [1.29, 1.82) is 0 Å². The van der Waals surface area contributed by atoms with Crippen LogP contribution in [0.2, 0.25) is 0 Å². The van der Waals surface area contributed by atoms with Crippen LogP contribution >= 0.6 is 11.3 Å². The van der Waals surface area contributed by atoms with Gasteiger partial charge in [-0.2, -0.15) is 0 Å². The number of likely N-dealkylation sites (tertiary alicyclic amines) is 1. The number of thiophene rings is 1. The van der Waals surface area contributed by atoms with E-state index in [9.17, 15) is 9.59 Å². The van der Waals surface area contributed by atoms with Crippen LogP contribution in [0.1, 0.15) is 32.9 Å². The molecule has 0 spiro atoms. The van der Waals surface area contributed by atoms with Gasteiger partial charge in [0.1, 0.15) is 0 Å². The fourth-order valence-corrected chi connectivity index (χ4v) is 3.94. The number of benzene rings is 1. The molecule has 0 unspecified atom stereocenters. The number of para-hydroxylation sites is 1. The minimum absolute atomic E-state index is 0.0172. The van der Waals surface area contributed by atoms with E-state index in [2.05, 4.69) is 10.3 Å². The largest absolute Gasteiger partial charge is 0.360 e. The zero-order chi connectivity index (χ0) is 17.2. The summed E-state index contributed by atoms with van der Waals surface area (Å²) in [5, 5.41) is 5.93. The minimum atomic E-state index is -0.0172. The molecule has 1 aliphatic rings. The van der Waals surface area contributed by atoms with E-state index in [4.69, 9.17) is 0 Å². The third-order valence-corrected chi connectivity index (χ3v) is 5.55. The first kappa shape index (κ1) is 15.9. The molecule has 3 aromatic rings. The van der Waals surface area contributed by atoms with Gasteiger partial charge in [0.2, 0.25) is 0 Å². The highest BCUT2D eigenvalue weighted by atomic mass is 32.1. The summed E-state index contributed by atoms with van der Waals surface area (Å²) in [6.07, 6.45) is 3.36. The van der Waals surface area contributed by atoms with Crippen LogP contribution < -0.4 is 5.32 Å². The number of aromatic amines is 1. The third-order valence-electron chi connectivity index (χ3n) is 4.68. The number of nitrogens with zero attached hydrogens (tertiary/aromatic N) is 1. The standard InChI is InChI=1S/C19H19N3O2S/c23-18(17-6-3-11-25-17)21-13-7-9-22(10-8-13)19(24)15-12-20-16-5-2-1-4-14(15)16/h1-6,11-13,20H,7-10H2,(H,21,23). The fraction of sp³-hybridized carbons (Fsp3) is 0.263. The quantitative estimate of drug-likeness (QED) is 0.759. The summed E-state index contributed by atoms with van der Waals surface area (Å²) in [4.78, 5) is 30.7. The number of rotatable bonds is 3. The summed E-state index contributed by atoms with van der Waals surface area (Å²) in [5.74, 6) is 0.0388. The summed E-state index contributed by atoms with van der Waals surface area (Å²) in [6, 6.07) is 11.7. The normalized spacial score (nSPS) is 15.4. The van der Waals surface area contributed by atoms with Gasteiger partial charge in [-0.05, 0) is 30.4 Å². The Labute approximate surface area is 149 Å². The number of fused-ring (bicyclic) bond motifs is 1. The topological polar surface area (TPSA) is 65.2 Å². The van der Waals surface area contributed by atoms with Crippen LogP contribution in [0.4, 0.5) is 0 Å². The molecule has 0 saturated carbocycles. The van der Waals surface area contributed by atoms with Gasteiger partial charge in [0, 0.05) is 36.2 Å². The van der Waals surface area contributed by atoms with E-state index < -0.39 is 0 Å². The molecule has 3 heterocycles. The molecule has 1 aliphatic heterocycles. The van der Waals surface area contributed by atoms with Gasteiger partial charge < -0.3 is 15.2 Å². The highest BCUT2D eigenvalue weighted by Gasteiger charge is 2.26. The Morgan fingerprint density at radius 2 is 1.92 bits per heavy atom. The van der Waals surface area contributed by atoms with Crippen LogP contribution in [0.5, 0.6) is 0 Å². The maximum Gasteiger partial charge on any atom is 0.261 e. The molecule has 2 amide bonds. The highest BCUT2D eigenvalue weighted by Crippen LogP contribution is 2.21. The molecule has 25 heavy (non-hydrogen) atoms. The molecule has 1 saturated heterocycles. The van der Waals surface area contributed by atoms with Crippen LogP contribution in [0.25, 0.3) is 10.9 Å². The first-order valence-electron chi connectivity index (χ1n) is 8.42. The monoisotopic (exact) mass is 353 g/mol. The van der Waals surface area contributed by atoms with E-state index in [1.165, 1.54) is 11.3 Å². The number of carbonyl (C=O) groups is 2. The number of hydrogen-bond acceptors (Lipinski definition) is 3. The molecule has 0 bridgehead atoms. The van der Waals surface area contributed by atoms with Gasteiger partial charge in [-0.1, -0.05) is 24.3 Å². The number of aromatic nitrogens is 1. The molecule has 2 aromatic heterocycles. The van der Waals surface area contributed by atoms with Crippen molar-refractivity contribution in [1.82, 2.24) is 15.2 Å². The van der Waals surface area contributed by atoms with Gasteiger partial charge in [0.15, 0.2) is 0 Å². The second kappa shape index (κ2) is 6.72. The number of hydrogen-bond donors (Lipinski definition) is 2. The molecule has 2 N–H and O–H groups in total. The Morgan fingerprint density at radius 1 is 1.12 bits per heavy atom. The molecule has 0 atom stereocenters. The fourth-order valence-electron chi connectivity index (χ4n) is 3.31. The maximum absolute atomic E-state index is 12.8. The Balaban J connectivity index is 1.38. The number of nitrogens with one attached hydrogen (secondary N) is 2. The average Bonchev–Trinajstić information content (AvgIpc) is 3.32. The lowest BCUT2D eigenvalue weighted by Crippen LogP contribution is -2.46. The SMILES string of the molecule is O=C(NC1CCN(C(=O)c2c[nH]c3ccccc23)CC1)c1cccs1. The summed E-state index contributed by atoms with van der Waals surface area (Å²) in [5.41, 5.74) is 1.70. The van der Waals surface area contributed by atoms with Crippen molar-refractivity contribution in [2.24, 2.45) is 0 Å². The number of piperidine rings is 1. The minimum Gasteiger partial charge on any atom is -0.360 e. The highest BCUT2D eigenvalue weighted by molar-refractivity contribution is 7.12. The Morgan fingerprint density at radius 3 is 2.68 bits per heavy atom. The van der Waals surface area contributed by atoms with Crippen LogP contribution in [-0.2, 0) is 0 Å². The van der Waals surface area contributed by atoms with Crippen molar-refractivity contribution in [2.45, 2.75) is 18.9 Å². The zero-order valence-corrected chi connectivity index (χ0v) is 14.5. The van der Waals surface area contributed by atoms with Crippen molar-refractivity contribution in [3.63, 3.8) is 0 Å². The van der Waals surface area contributed by atoms with Gasteiger partial charge in [0.05, 0.1) is 10.4 Å². The van der Waals surface area contributed by atoms with Gasteiger partial charge in [-0.25, -0.2) is 0 Å². The van der Waals surface area contributed by atoms with Crippen molar-refractivity contribution in [3.8, 4) is 0 Å². The van der Waals surface area contributed by atoms with E-state index in [-0.39, 0.29) is 17.9 Å². The van der Waals surface area contributed by atoms with Crippen LogP contribution in [-0.4, -0.2) is 40.8 Å². The Bertz CT molecular complexity index is 892. The predicted octanol–water partition coefficient (Wildman–Crippen LogP) is 3.26. The lowest BCUT2D eigenvalue weighted by atomic mass is 10.0. The van der Waals surface area contributed by atoms with E-state index in [0.29, 0.717) is 13.1 Å². The van der Waals surface area contributed by atoms with Crippen LogP contribution in [0, 0.1) is 0 Å². The first-order valence-corrected chi connectivity index (χ1v) is 9.30. The second-order valence-corrected chi connectivity index (χ2v) is 7.21. The maximum atomic E-state index is 12.8. The van der Waals surface area contributed by atoms with Crippen molar-refractivity contribution < 1.29 is 9.59 Å². The predicted molar refractivity (Wildman–Crippen MR) is 99.0 cm³/mol. The number of amides is 2. The van der Waals surface area contributed by atoms with Gasteiger partial charge in [-0.15, -0.1) is 11.3 Å². The summed E-state index contributed by atoms with van der Waals surface area (Å²) in [7, 11) is 0. The Kier molecular flexibility index (Phi) is 4.28. The number of H-pyrrole nitrogens is 1. The Hall–Kier alpha value is -2.60. The molecule has 0 aliphatic carbocycles. The van der Waals surface area contributed by atoms with Crippen LogP contribution in [0.15, 0.2) is 48.0 Å². The smallest absolute Gasteiger partial charge is 0.261 e. The van der Waals surface area contributed by atoms with E-state index in [1.54, 1.807) is 6.20 Å². The van der Waals surface area contributed by atoms with E-state index >= 15 is 0 Å². The summed E-state index contributed by atoms with van der Waals surface area (Å²) < 4.78 is 0. The summed E-state index contributed by atoms with van der Waals surface area (Å²) in [6.45, 7) is 1.32. The van der Waals surface area contributed by atoms with Gasteiger partial charge >= 0.3 is 0 Å². The first-order chi connectivity index (χ1) is 12.2.